The zero-order chi connectivity index (χ0) is 15.5. The Bertz CT molecular complexity index is 452. The molecule has 0 unspecified atom stereocenters. The summed E-state index contributed by atoms with van der Waals surface area (Å²) in [4.78, 5) is 11.9. The Morgan fingerprint density at radius 3 is 2.38 bits per heavy atom. The molecule has 0 fully saturated rings. The van der Waals surface area contributed by atoms with E-state index in [0.29, 0.717) is 5.56 Å². The third-order valence-electron chi connectivity index (χ3n) is 3.35. The number of unbranched alkanes of at least 4 members (excludes halogenated alkanes) is 2. The second-order valence-electron chi connectivity index (χ2n) is 5.20. The molecule has 0 radical (unpaired) electrons. The van der Waals surface area contributed by atoms with Crippen LogP contribution < -0.4 is 0 Å². The number of hydrogen-bond acceptors (Lipinski definition) is 2. The van der Waals surface area contributed by atoms with Gasteiger partial charge in [0.05, 0.1) is 0 Å². The maximum atomic E-state index is 13.4. The van der Waals surface area contributed by atoms with Crippen molar-refractivity contribution in [1.29, 1.82) is 0 Å². The van der Waals surface area contributed by atoms with Crippen LogP contribution in [0.1, 0.15) is 45.1 Å². The van der Waals surface area contributed by atoms with E-state index in [-0.39, 0.29) is 11.8 Å². The van der Waals surface area contributed by atoms with Crippen molar-refractivity contribution < 1.29 is 12.3 Å². The molecule has 0 aliphatic heterocycles. The van der Waals surface area contributed by atoms with Crippen LogP contribution in [0.5, 0.6) is 0 Å². The fraction of sp³-hybridized carbons (Fsp3) is 0.471. The van der Waals surface area contributed by atoms with Gasteiger partial charge in [-0.1, -0.05) is 0 Å². The van der Waals surface area contributed by atoms with Crippen LogP contribution in [0, 0.1) is 5.82 Å². The number of benzene rings is 1. The first-order valence-corrected chi connectivity index (χ1v) is 13.8. The predicted octanol–water partition coefficient (Wildman–Crippen LogP) is 4.71. The molecular weight excluding hydrogens is 374 g/mol. The van der Waals surface area contributed by atoms with Gasteiger partial charge in [-0.3, -0.25) is 0 Å². The summed E-state index contributed by atoms with van der Waals surface area (Å²) in [6.45, 7) is 4.31. The molecular formula is C17H25FO2Sn. The third kappa shape index (κ3) is 7.65. The van der Waals surface area contributed by atoms with Gasteiger partial charge >= 0.3 is 135 Å². The fourth-order valence-electron chi connectivity index (χ4n) is 2.10. The summed E-state index contributed by atoms with van der Waals surface area (Å²) < 4.78 is 21.3. The van der Waals surface area contributed by atoms with E-state index in [0.717, 1.165) is 34.6 Å². The standard InChI is InChI=1S/C9H7FO2.2C4H9.Sn.H/c10-8-4-2-1-3-7(8)5-6-9(11)12;2*1-3-4-2;;/h1-6H,(H,11,12);2*1,3-4H2,2H3;;/q;;;+1;/p-1/b6-5+;;;;. The van der Waals surface area contributed by atoms with Gasteiger partial charge in [0.25, 0.3) is 0 Å². The number of carbonyl (C=O) groups excluding carboxylic acids is 1. The van der Waals surface area contributed by atoms with E-state index in [1.165, 1.54) is 18.2 Å². The molecule has 1 aromatic carbocycles. The second-order valence-corrected chi connectivity index (χ2v) is 12.7. The van der Waals surface area contributed by atoms with Crippen LogP contribution >= 0.6 is 0 Å². The van der Waals surface area contributed by atoms with E-state index in [2.05, 4.69) is 13.8 Å². The molecule has 0 atom stereocenters. The second kappa shape index (κ2) is 10.8. The number of rotatable bonds is 9. The number of halogens is 1. The Kier molecular flexibility index (Phi) is 9.39. The van der Waals surface area contributed by atoms with Gasteiger partial charge < -0.3 is 0 Å². The number of hydrogen-bond donors (Lipinski definition) is 0. The van der Waals surface area contributed by atoms with Crippen molar-refractivity contribution in [2.24, 2.45) is 0 Å². The topological polar surface area (TPSA) is 26.3 Å². The van der Waals surface area contributed by atoms with Gasteiger partial charge in [0.15, 0.2) is 0 Å². The summed E-state index contributed by atoms with van der Waals surface area (Å²) in [6, 6.07) is 6.41. The minimum absolute atomic E-state index is 0.300. The SMILES string of the molecule is CCC[CH2][SnH]([CH2]CCC)[O]C(=O)/C=C/c1ccccc1F. The molecule has 21 heavy (non-hydrogen) atoms. The average Bonchev–Trinajstić information content (AvgIpc) is 2.49. The van der Waals surface area contributed by atoms with Crippen molar-refractivity contribution in [3.8, 4) is 0 Å². The Morgan fingerprint density at radius 2 is 1.81 bits per heavy atom. The zero-order valence-corrected chi connectivity index (χ0v) is 16.3. The zero-order valence-electron chi connectivity index (χ0n) is 13.0. The Morgan fingerprint density at radius 1 is 1.19 bits per heavy atom. The molecule has 116 valence electrons. The van der Waals surface area contributed by atoms with Gasteiger partial charge in [-0.2, -0.15) is 0 Å². The van der Waals surface area contributed by atoms with Crippen LogP contribution in [0.4, 0.5) is 4.39 Å². The first kappa shape index (κ1) is 18.2. The van der Waals surface area contributed by atoms with Gasteiger partial charge in [-0.05, 0) is 0 Å². The van der Waals surface area contributed by atoms with Crippen molar-refractivity contribution in [2.45, 2.75) is 48.4 Å². The van der Waals surface area contributed by atoms with Crippen LogP contribution in [0.15, 0.2) is 30.3 Å². The molecule has 4 heteroatoms. The maximum absolute atomic E-state index is 13.4. The molecule has 2 nitrogen and oxygen atoms in total. The van der Waals surface area contributed by atoms with Gasteiger partial charge in [0.1, 0.15) is 0 Å². The molecule has 0 aliphatic rings. The van der Waals surface area contributed by atoms with Crippen LogP contribution in [0.2, 0.25) is 8.87 Å². The van der Waals surface area contributed by atoms with E-state index in [1.54, 1.807) is 18.2 Å². The molecule has 1 aromatic rings. The molecule has 0 heterocycles. The summed E-state index contributed by atoms with van der Waals surface area (Å²) >= 11 is -2.19. The van der Waals surface area contributed by atoms with Gasteiger partial charge in [0.2, 0.25) is 0 Å². The van der Waals surface area contributed by atoms with Crippen LogP contribution in [0.25, 0.3) is 6.08 Å². The van der Waals surface area contributed by atoms with E-state index in [4.69, 9.17) is 3.07 Å². The van der Waals surface area contributed by atoms with Crippen molar-refractivity contribution in [2.75, 3.05) is 0 Å². The average molecular weight is 399 g/mol. The van der Waals surface area contributed by atoms with Gasteiger partial charge in [-0.15, -0.1) is 0 Å². The summed E-state index contributed by atoms with van der Waals surface area (Å²) in [6.07, 6.45) is 7.44. The molecule has 1 rings (SSSR count). The predicted molar refractivity (Wildman–Crippen MR) is 88.1 cm³/mol. The van der Waals surface area contributed by atoms with E-state index in [1.807, 2.05) is 0 Å². The van der Waals surface area contributed by atoms with Crippen molar-refractivity contribution in [3.05, 3.63) is 41.7 Å². The van der Waals surface area contributed by atoms with E-state index < -0.39 is 20.2 Å². The Balaban J connectivity index is 2.54. The summed E-state index contributed by atoms with van der Waals surface area (Å²) in [7, 11) is 0. The molecule has 0 aromatic heterocycles. The van der Waals surface area contributed by atoms with Gasteiger partial charge in [0, 0.05) is 0 Å². The third-order valence-corrected chi connectivity index (χ3v) is 11.0. The van der Waals surface area contributed by atoms with Gasteiger partial charge in [-0.25, -0.2) is 0 Å². The first-order valence-electron chi connectivity index (χ1n) is 7.80. The minimum atomic E-state index is -2.19. The Hall–Kier alpha value is -0.841. The van der Waals surface area contributed by atoms with Crippen molar-refractivity contribution in [3.63, 3.8) is 0 Å². The molecule has 0 N–H and O–H groups in total. The van der Waals surface area contributed by atoms with E-state index >= 15 is 0 Å². The Labute approximate surface area is 134 Å². The van der Waals surface area contributed by atoms with Crippen LogP contribution in [-0.2, 0) is 7.87 Å². The van der Waals surface area contributed by atoms with E-state index in [9.17, 15) is 9.18 Å². The quantitative estimate of drug-likeness (QED) is 0.445. The fourth-order valence-corrected chi connectivity index (χ4v) is 9.69. The molecule has 0 saturated heterocycles. The summed E-state index contributed by atoms with van der Waals surface area (Å²) in [5.41, 5.74) is 0.420. The van der Waals surface area contributed by atoms with Crippen molar-refractivity contribution >= 4 is 32.2 Å². The summed E-state index contributed by atoms with van der Waals surface area (Å²) in [5, 5.41) is 0. The first-order chi connectivity index (χ1) is 10.2. The molecule has 0 spiro atoms. The van der Waals surface area contributed by atoms with Crippen LogP contribution in [-0.4, -0.2) is 26.1 Å². The number of carbonyl (C=O) groups is 1. The molecule has 0 bridgehead atoms. The molecule has 0 amide bonds. The van der Waals surface area contributed by atoms with Crippen LogP contribution in [0.3, 0.4) is 0 Å². The monoisotopic (exact) mass is 400 g/mol. The summed E-state index contributed by atoms with van der Waals surface area (Å²) in [5.74, 6) is -0.621. The van der Waals surface area contributed by atoms with Crippen molar-refractivity contribution in [1.82, 2.24) is 0 Å². The molecule has 0 saturated carbocycles. The molecule has 0 aliphatic carbocycles. The normalized spacial score (nSPS) is 11.2.